The van der Waals surface area contributed by atoms with Gasteiger partial charge in [0.05, 0.1) is 4.47 Å². The Labute approximate surface area is 89.6 Å². The summed E-state index contributed by atoms with van der Waals surface area (Å²) in [6.07, 6.45) is 0.382. The molecule has 1 atom stereocenters. The van der Waals surface area contributed by atoms with Crippen LogP contribution in [0.3, 0.4) is 0 Å². The van der Waals surface area contributed by atoms with Crippen molar-refractivity contribution in [2.45, 2.75) is 12.3 Å². The topological polar surface area (TPSA) is 29.1 Å². The number of hydrogen-bond acceptors (Lipinski definition) is 1. The van der Waals surface area contributed by atoms with Crippen LogP contribution in [0.1, 0.15) is 17.9 Å². The molecule has 1 aromatic carbocycles. The SMILES string of the molecule is O=C1CC(c2cccc(Br)c2F)CN1. The van der Waals surface area contributed by atoms with Gasteiger partial charge in [-0.1, -0.05) is 12.1 Å². The van der Waals surface area contributed by atoms with Crippen molar-refractivity contribution in [2.24, 2.45) is 0 Å². The van der Waals surface area contributed by atoms with E-state index in [4.69, 9.17) is 0 Å². The fourth-order valence-corrected chi connectivity index (χ4v) is 2.04. The summed E-state index contributed by atoms with van der Waals surface area (Å²) in [5.74, 6) is -0.289. The molecule has 1 N–H and O–H groups in total. The van der Waals surface area contributed by atoms with Gasteiger partial charge in [-0.2, -0.15) is 0 Å². The molecule has 1 heterocycles. The van der Waals surface area contributed by atoms with E-state index in [1.807, 2.05) is 0 Å². The van der Waals surface area contributed by atoms with Crippen molar-refractivity contribution in [2.75, 3.05) is 6.54 Å². The summed E-state index contributed by atoms with van der Waals surface area (Å²) < 4.78 is 14.0. The van der Waals surface area contributed by atoms with Crippen LogP contribution in [0.4, 0.5) is 4.39 Å². The molecule has 1 aromatic rings. The number of carbonyl (C=O) groups excluding carboxylic acids is 1. The van der Waals surface area contributed by atoms with Crippen LogP contribution in [0, 0.1) is 5.82 Å². The highest BCUT2D eigenvalue weighted by Gasteiger charge is 2.25. The molecular formula is C10H9BrFNO. The lowest BCUT2D eigenvalue weighted by Crippen LogP contribution is -2.13. The molecule has 1 unspecified atom stereocenters. The molecule has 0 spiro atoms. The van der Waals surface area contributed by atoms with Crippen molar-refractivity contribution in [3.8, 4) is 0 Å². The lowest BCUT2D eigenvalue weighted by Gasteiger charge is -2.09. The molecule has 0 aliphatic carbocycles. The van der Waals surface area contributed by atoms with Gasteiger partial charge in [-0.3, -0.25) is 4.79 Å². The molecule has 0 saturated carbocycles. The van der Waals surface area contributed by atoms with Crippen LogP contribution in [0.2, 0.25) is 0 Å². The van der Waals surface area contributed by atoms with Crippen LogP contribution in [0.5, 0.6) is 0 Å². The zero-order chi connectivity index (χ0) is 10.1. The number of rotatable bonds is 1. The number of amides is 1. The first-order valence-corrected chi connectivity index (χ1v) is 5.18. The minimum absolute atomic E-state index is 0.00521. The zero-order valence-electron chi connectivity index (χ0n) is 7.39. The number of benzene rings is 1. The first-order chi connectivity index (χ1) is 6.68. The maximum absolute atomic E-state index is 13.6. The molecule has 4 heteroatoms. The summed E-state index contributed by atoms with van der Waals surface area (Å²) in [6.45, 7) is 0.534. The van der Waals surface area contributed by atoms with E-state index in [1.54, 1.807) is 18.2 Å². The maximum Gasteiger partial charge on any atom is 0.220 e. The van der Waals surface area contributed by atoms with E-state index >= 15 is 0 Å². The van der Waals surface area contributed by atoms with Gasteiger partial charge in [0.1, 0.15) is 5.82 Å². The van der Waals surface area contributed by atoms with Crippen LogP contribution < -0.4 is 5.32 Å². The first-order valence-electron chi connectivity index (χ1n) is 4.39. The molecule has 0 bridgehead atoms. The van der Waals surface area contributed by atoms with Gasteiger partial charge in [0, 0.05) is 18.9 Å². The Morgan fingerprint density at radius 2 is 2.29 bits per heavy atom. The molecule has 1 amide bonds. The second-order valence-electron chi connectivity index (χ2n) is 3.35. The third kappa shape index (κ3) is 1.66. The molecule has 14 heavy (non-hydrogen) atoms. The number of nitrogens with one attached hydrogen (secondary N) is 1. The predicted octanol–water partition coefficient (Wildman–Crippen LogP) is 2.19. The van der Waals surface area contributed by atoms with Gasteiger partial charge in [0.25, 0.3) is 0 Å². The highest BCUT2D eigenvalue weighted by atomic mass is 79.9. The lowest BCUT2D eigenvalue weighted by molar-refractivity contribution is -0.119. The molecule has 0 aromatic heterocycles. The fourth-order valence-electron chi connectivity index (χ4n) is 1.66. The molecule has 1 saturated heterocycles. The van der Waals surface area contributed by atoms with Gasteiger partial charge in [-0.15, -0.1) is 0 Å². The van der Waals surface area contributed by atoms with Crippen LogP contribution in [-0.2, 0) is 4.79 Å². The van der Waals surface area contributed by atoms with E-state index in [1.165, 1.54) is 0 Å². The van der Waals surface area contributed by atoms with Gasteiger partial charge in [0.2, 0.25) is 5.91 Å². The second-order valence-corrected chi connectivity index (χ2v) is 4.20. The van der Waals surface area contributed by atoms with Crippen LogP contribution >= 0.6 is 15.9 Å². The van der Waals surface area contributed by atoms with Crippen molar-refractivity contribution in [3.05, 3.63) is 34.1 Å². The standard InChI is InChI=1S/C10H9BrFNO/c11-8-3-1-2-7(10(8)12)6-4-9(14)13-5-6/h1-3,6H,4-5H2,(H,13,14). The van der Waals surface area contributed by atoms with Crippen molar-refractivity contribution < 1.29 is 9.18 Å². The van der Waals surface area contributed by atoms with E-state index in [0.29, 0.717) is 23.0 Å². The van der Waals surface area contributed by atoms with Crippen LogP contribution in [0.25, 0.3) is 0 Å². The molecule has 1 fully saturated rings. The molecule has 2 rings (SSSR count). The zero-order valence-corrected chi connectivity index (χ0v) is 8.97. The summed E-state index contributed by atoms with van der Waals surface area (Å²) in [7, 11) is 0. The Bertz CT molecular complexity index is 380. The third-order valence-corrected chi connectivity index (χ3v) is 3.01. The third-order valence-electron chi connectivity index (χ3n) is 2.40. The number of halogens is 2. The monoisotopic (exact) mass is 257 g/mol. The molecule has 0 radical (unpaired) electrons. The van der Waals surface area contributed by atoms with Gasteiger partial charge < -0.3 is 5.32 Å². The quantitative estimate of drug-likeness (QED) is 0.821. The molecular weight excluding hydrogens is 249 g/mol. The van der Waals surface area contributed by atoms with E-state index in [0.717, 1.165) is 0 Å². The molecule has 2 nitrogen and oxygen atoms in total. The van der Waals surface area contributed by atoms with E-state index in [9.17, 15) is 9.18 Å². The lowest BCUT2D eigenvalue weighted by atomic mass is 9.98. The van der Waals surface area contributed by atoms with Gasteiger partial charge in [-0.25, -0.2) is 4.39 Å². The van der Waals surface area contributed by atoms with E-state index < -0.39 is 0 Å². The fraction of sp³-hybridized carbons (Fsp3) is 0.300. The predicted molar refractivity (Wildman–Crippen MR) is 54.5 cm³/mol. The van der Waals surface area contributed by atoms with Crippen LogP contribution in [-0.4, -0.2) is 12.5 Å². The maximum atomic E-state index is 13.6. The summed E-state index contributed by atoms with van der Waals surface area (Å²) >= 11 is 3.13. The van der Waals surface area contributed by atoms with E-state index in [2.05, 4.69) is 21.2 Å². The van der Waals surface area contributed by atoms with Gasteiger partial charge in [-0.05, 0) is 27.6 Å². The Kier molecular flexibility index (Phi) is 2.54. The summed E-state index contributed by atoms with van der Waals surface area (Å²) in [4.78, 5) is 11.0. The minimum Gasteiger partial charge on any atom is -0.355 e. The highest BCUT2D eigenvalue weighted by Crippen LogP contribution is 2.28. The van der Waals surface area contributed by atoms with Crippen molar-refractivity contribution in [3.63, 3.8) is 0 Å². The first kappa shape index (κ1) is 9.65. The summed E-state index contributed by atoms with van der Waals surface area (Å²) in [5.41, 5.74) is 0.609. The summed E-state index contributed by atoms with van der Waals surface area (Å²) in [5, 5.41) is 2.69. The Hall–Kier alpha value is -0.900. The highest BCUT2D eigenvalue weighted by molar-refractivity contribution is 9.10. The molecule has 74 valence electrons. The largest absolute Gasteiger partial charge is 0.355 e. The van der Waals surface area contributed by atoms with E-state index in [-0.39, 0.29) is 17.6 Å². The molecule has 1 aliphatic rings. The minimum atomic E-state index is -0.256. The van der Waals surface area contributed by atoms with Crippen molar-refractivity contribution >= 4 is 21.8 Å². The second kappa shape index (κ2) is 3.69. The van der Waals surface area contributed by atoms with Gasteiger partial charge in [0.15, 0.2) is 0 Å². The number of hydrogen-bond donors (Lipinski definition) is 1. The number of carbonyl (C=O) groups is 1. The smallest absolute Gasteiger partial charge is 0.220 e. The Morgan fingerprint density at radius 3 is 2.93 bits per heavy atom. The van der Waals surface area contributed by atoms with Crippen molar-refractivity contribution in [1.29, 1.82) is 0 Å². The average Bonchev–Trinajstić information content (AvgIpc) is 2.57. The summed E-state index contributed by atoms with van der Waals surface area (Å²) in [6, 6.07) is 5.17. The average molecular weight is 258 g/mol. The molecule has 1 aliphatic heterocycles. The van der Waals surface area contributed by atoms with Crippen LogP contribution in [0.15, 0.2) is 22.7 Å². The Morgan fingerprint density at radius 1 is 1.50 bits per heavy atom. The normalized spacial score (nSPS) is 21.0. The van der Waals surface area contributed by atoms with Crippen molar-refractivity contribution in [1.82, 2.24) is 5.32 Å². The van der Waals surface area contributed by atoms with Gasteiger partial charge >= 0.3 is 0 Å². The Balaban J connectivity index is 2.32.